The number of nitrogens with one attached hydrogen (secondary N) is 1. The maximum absolute atomic E-state index is 14.0. The fraction of sp³-hybridized carbons (Fsp3) is 0.400. The van der Waals surface area contributed by atoms with Gasteiger partial charge in [0.05, 0.1) is 5.69 Å². The predicted molar refractivity (Wildman–Crippen MR) is 77.0 cm³/mol. The van der Waals surface area contributed by atoms with E-state index in [9.17, 15) is 4.39 Å². The Morgan fingerprint density at radius 2 is 2.26 bits per heavy atom. The Morgan fingerprint density at radius 1 is 1.42 bits per heavy atom. The molecule has 19 heavy (non-hydrogen) atoms. The highest BCUT2D eigenvalue weighted by molar-refractivity contribution is 7.15. The van der Waals surface area contributed by atoms with Crippen molar-refractivity contribution in [2.75, 3.05) is 7.05 Å². The molecule has 1 N–H and O–H groups in total. The molecule has 0 saturated heterocycles. The fourth-order valence-electron chi connectivity index (χ4n) is 2.60. The normalized spacial score (nSPS) is 18.4. The molecule has 0 amide bonds. The molecule has 0 bridgehead atoms. The molecule has 1 aromatic carbocycles. The molecule has 0 saturated carbocycles. The topological polar surface area (TPSA) is 24.9 Å². The third kappa shape index (κ3) is 2.30. The Hall–Kier alpha value is -1.26. The maximum atomic E-state index is 14.0. The summed E-state index contributed by atoms with van der Waals surface area (Å²) in [6.07, 6.45) is 3.30. The first-order valence-corrected chi connectivity index (χ1v) is 7.44. The Morgan fingerprint density at radius 3 is 3.00 bits per heavy atom. The van der Waals surface area contributed by atoms with Crippen molar-refractivity contribution >= 4 is 11.3 Å². The van der Waals surface area contributed by atoms with Gasteiger partial charge >= 0.3 is 0 Å². The third-order valence-corrected chi connectivity index (χ3v) is 4.90. The zero-order valence-corrected chi connectivity index (χ0v) is 12.0. The number of rotatable bonds is 2. The van der Waals surface area contributed by atoms with Crippen LogP contribution in [0.1, 0.15) is 35.0 Å². The van der Waals surface area contributed by atoms with Crippen molar-refractivity contribution in [1.29, 1.82) is 0 Å². The highest BCUT2D eigenvalue weighted by Crippen LogP contribution is 2.38. The van der Waals surface area contributed by atoms with Crippen LogP contribution in [0.25, 0.3) is 10.6 Å². The van der Waals surface area contributed by atoms with E-state index in [1.807, 2.05) is 26.1 Å². The van der Waals surface area contributed by atoms with Gasteiger partial charge < -0.3 is 5.32 Å². The predicted octanol–water partition coefficient (Wildman–Crippen LogP) is 3.85. The molecule has 0 radical (unpaired) electrons. The second-order valence-corrected chi connectivity index (χ2v) is 6.08. The minimum atomic E-state index is -0.174. The third-order valence-electron chi connectivity index (χ3n) is 3.65. The van der Waals surface area contributed by atoms with Gasteiger partial charge in [-0.25, -0.2) is 9.37 Å². The molecule has 0 fully saturated rings. The van der Waals surface area contributed by atoms with Crippen LogP contribution in [-0.4, -0.2) is 12.0 Å². The lowest BCUT2D eigenvalue weighted by Crippen LogP contribution is -2.19. The Kier molecular flexibility index (Phi) is 3.37. The summed E-state index contributed by atoms with van der Waals surface area (Å²) in [6.45, 7) is 1.90. The van der Waals surface area contributed by atoms with E-state index in [2.05, 4.69) is 10.3 Å². The number of benzene rings is 1. The molecule has 0 aliphatic heterocycles. The van der Waals surface area contributed by atoms with E-state index in [4.69, 9.17) is 0 Å². The number of fused-ring (bicyclic) bond motifs is 1. The van der Waals surface area contributed by atoms with Crippen LogP contribution in [0.5, 0.6) is 0 Å². The van der Waals surface area contributed by atoms with Gasteiger partial charge in [-0.3, -0.25) is 0 Å². The summed E-state index contributed by atoms with van der Waals surface area (Å²) in [4.78, 5) is 5.93. The molecule has 100 valence electrons. The van der Waals surface area contributed by atoms with Crippen LogP contribution >= 0.6 is 11.3 Å². The van der Waals surface area contributed by atoms with Gasteiger partial charge in [0.15, 0.2) is 0 Å². The lowest BCUT2D eigenvalue weighted by atomic mass is 9.98. The van der Waals surface area contributed by atoms with Gasteiger partial charge in [-0.15, -0.1) is 11.3 Å². The van der Waals surface area contributed by atoms with Gasteiger partial charge in [0.1, 0.15) is 10.8 Å². The van der Waals surface area contributed by atoms with E-state index in [-0.39, 0.29) is 5.82 Å². The van der Waals surface area contributed by atoms with Crippen molar-refractivity contribution in [3.8, 4) is 10.6 Å². The monoisotopic (exact) mass is 276 g/mol. The molecular formula is C15H17FN2S. The first kappa shape index (κ1) is 12.8. The summed E-state index contributed by atoms with van der Waals surface area (Å²) in [5, 5.41) is 4.14. The number of hydrogen-bond acceptors (Lipinski definition) is 3. The van der Waals surface area contributed by atoms with E-state index < -0.39 is 0 Å². The molecule has 2 aromatic rings. The van der Waals surface area contributed by atoms with E-state index in [0.29, 0.717) is 11.6 Å². The van der Waals surface area contributed by atoms with E-state index in [1.165, 1.54) is 4.88 Å². The average molecular weight is 276 g/mol. The Balaban J connectivity index is 2.05. The molecule has 3 rings (SSSR count). The van der Waals surface area contributed by atoms with Crippen molar-refractivity contribution < 1.29 is 4.39 Å². The number of hydrogen-bond donors (Lipinski definition) is 1. The van der Waals surface area contributed by atoms with Crippen molar-refractivity contribution in [2.45, 2.75) is 32.2 Å². The first-order valence-electron chi connectivity index (χ1n) is 6.62. The molecular weight excluding hydrogens is 259 g/mol. The quantitative estimate of drug-likeness (QED) is 0.901. The van der Waals surface area contributed by atoms with Crippen LogP contribution in [0, 0.1) is 12.7 Å². The second kappa shape index (κ2) is 5.02. The standard InChI is InChI=1S/C15H17FN2S/c1-9-6-7-10(11(16)8-9)15-18-13-5-3-4-12(17-2)14(13)19-15/h6-8,12,17H,3-5H2,1-2H3. The summed E-state index contributed by atoms with van der Waals surface area (Å²) >= 11 is 1.63. The number of thiazole rings is 1. The number of nitrogens with zero attached hydrogens (tertiary/aromatic N) is 1. The number of aryl methyl sites for hydroxylation is 2. The number of halogens is 1. The molecule has 4 heteroatoms. The number of aromatic nitrogens is 1. The van der Waals surface area contributed by atoms with E-state index in [1.54, 1.807) is 17.4 Å². The summed E-state index contributed by atoms with van der Waals surface area (Å²) in [5.74, 6) is -0.174. The van der Waals surface area contributed by atoms with Crippen LogP contribution in [0.2, 0.25) is 0 Å². The Labute approximate surface area is 116 Å². The van der Waals surface area contributed by atoms with E-state index in [0.717, 1.165) is 35.5 Å². The average Bonchev–Trinajstić information content (AvgIpc) is 2.81. The highest BCUT2D eigenvalue weighted by Gasteiger charge is 2.24. The van der Waals surface area contributed by atoms with Crippen LogP contribution in [0.15, 0.2) is 18.2 Å². The zero-order valence-electron chi connectivity index (χ0n) is 11.2. The van der Waals surface area contributed by atoms with Crippen molar-refractivity contribution in [1.82, 2.24) is 10.3 Å². The SMILES string of the molecule is CNC1CCCc2nc(-c3ccc(C)cc3F)sc21. The molecule has 1 aromatic heterocycles. The Bertz CT molecular complexity index is 606. The van der Waals surface area contributed by atoms with Gasteiger partial charge in [0.2, 0.25) is 0 Å². The van der Waals surface area contributed by atoms with Crippen LogP contribution in [-0.2, 0) is 6.42 Å². The summed E-state index contributed by atoms with van der Waals surface area (Å²) in [6, 6.07) is 5.73. The molecule has 1 unspecified atom stereocenters. The lowest BCUT2D eigenvalue weighted by Gasteiger charge is -2.19. The lowest BCUT2D eigenvalue weighted by molar-refractivity contribution is 0.501. The minimum absolute atomic E-state index is 0.174. The zero-order chi connectivity index (χ0) is 13.4. The highest BCUT2D eigenvalue weighted by atomic mass is 32.1. The summed E-state index contributed by atoms with van der Waals surface area (Å²) < 4.78 is 14.0. The van der Waals surface area contributed by atoms with Gasteiger partial charge in [-0.05, 0) is 50.9 Å². The van der Waals surface area contributed by atoms with Crippen molar-refractivity contribution in [3.05, 3.63) is 40.2 Å². The van der Waals surface area contributed by atoms with Crippen molar-refractivity contribution in [3.63, 3.8) is 0 Å². The van der Waals surface area contributed by atoms with Crippen molar-refractivity contribution in [2.24, 2.45) is 0 Å². The molecule has 1 aliphatic carbocycles. The summed E-state index contributed by atoms with van der Waals surface area (Å²) in [7, 11) is 1.98. The molecule has 0 spiro atoms. The van der Waals surface area contributed by atoms with Gasteiger partial charge in [-0.2, -0.15) is 0 Å². The molecule has 1 atom stereocenters. The van der Waals surface area contributed by atoms with Gasteiger partial charge in [0.25, 0.3) is 0 Å². The molecule has 1 heterocycles. The maximum Gasteiger partial charge on any atom is 0.133 e. The van der Waals surface area contributed by atoms with E-state index >= 15 is 0 Å². The smallest absolute Gasteiger partial charge is 0.133 e. The van der Waals surface area contributed by atoms with Crippen LogP contribution in [0.4, 0.5) is 4.39 Å². The van der Waals surface area contributed by atoms with Gasteiger partial charge in [-0.1, -0.05) is 6.07 Å². The minimum Gasteiger partial charge on any atom is -0.312 e. The van der Waals surface area contributed by atoms with Crippen LogP contribution < -0.4 is 5.32 Å². The first-order chi connectivity index (χ1) is 9.19. The second-order valence-electron chi connectivity index (χ2n) is 5.05. The largest absolute Gasteiger partial charge is 0.312 e. The summed E-state index contributed by atoms with van der Waals surface area (Å²) in [5.41, 5.74) is 2.71. The molecule has 2 nitrogen and oxygen atoms in total. The molecule has 1 aliphatic rings. The fourth-order valence-corrected chi connectivity index (χ4v) is 3.89. The van der Waals surface area contributed by atoms with Crippen LogP contribution in [0.3, 0.4) is 0 Å². The van der Waals surface area contributed by atoms with Gasteiger partial charge in [0, 0.05) is 16.5 Å².